The Morgan fingerprint density at radius 3 is 2.68 bits per heavy atom. The Hall–Kier alpha value is -1.83. The third-order valence-electron chi connectivity index (χ3n) is 4.45. The Bertz CT molecular complexity index is 719. The molecule has 1 aromatic heterocycles. The third kappa shape index (κ3) is 5.07. The number of aromatic hydroxyl groups is 1. The summed E-state index contributed by atoms with van der Waals surface area (Å²) in [5.74, 6) is 1.07. The maximum absolute atomic E-state index is 10.2. The van der Waals surface area contributed by atoms with E-state index in [0.717, 1.165) is 24.1 Å². The van der Waals surface area contributed by atoms with Crippen LogP contribution in [-0.4, -0.2) is 23.1 Å². The molecule has 1 aliphatic rings. The van der Waals surface area contributed by atoms with Crippen molar-refractivity contribution in [3.8, 4) is 5.75 Å². The number of benzene rings is 1. The number of hydrogen-bond acceptors (Lipinski definition) is 3. The minimum atomic E-state index is 0. The molecule has 0 saturated carbocycles. The van der Waals surface area contributed by atoms with Gasteiger partial charge in [0.15, 0.2) is 5.96 Å². The first-order chi connectivity index (χ1) is 11.8. The zero-order valence-corrected chi connectivity index (χ0v) is 16.8. The second-order valence-electron chi connectivity index (χ2n) is 6.01. The molecule has 0 bridgehead atoms. The molecular formula is C19H25IN4O. The second kappa shape index (κ2) is 9.60. The fourth-order valence-corrected chi connectivity index (χ4v) is 3.16. The van der Waals surface area contributed by atoms with E-state index in [0.29, 0.717) is 24.8 Å². The van der Waals surface area contributed by atoms with Crippen LogP contribution in [0.5, 0.6) is 5.75 Å². The van der Waals surface area contributed by atoms with Gasteiger partial charge in [0.05, 0.1) is 12.2 Å². The van der Waals surface area contributed by atoms with Gasteiger partial charge < -0.3 is 15.7 Å². The molecule has 0 fully saturated rings. The minimum Gasteiger partial charge on any atom is -0.508 e. The van der Waals surface area contributed by atoms with Crippen LogP contribution in [0.1, 0.15) is 35.2 Å². The average molecular weight is 452 g/mol. The predicted molar refractivity (Wildman–Crippen MR) is 111 cm³/mol. The van der Waals surface area contributed by atoms with Crippen molar-refractivity contribution in [1.82, 2.24) is 15.6 Å². The first-order valence-electron chi connectivity index (χ1n) is 8.45. The first kappa shape index (κ1) is 19.5. The van der Waals surface area contributed by atoms with Crippen LogP contribution in [0, 0.1) is 0 Å². The van der Waals surface area contributed by atoms with E-state index in [4.69, 9.17) is 0 Å². The molecule has 6 heteroatoms. The van der Waals surface area contributed by atoms with E-state index in [1.165, 1.54) is 24.0 Å². The molecule has 0 radical (unpaired) electrons. The number of aromatic nitrogens is 1. The summed E-state index contributed by atoms with van der Waals surface area (Å²) in [6, 6.07) is 9.71. The number of guanidine groups is 1. The fraction of sp³-hybridized carbons (Fsp3) is 0.368. The van der Waals surface area contributed by atoms with Gasteiger partial charge in [-0.1, -0.05) is 12.1 Å². The van der Waals surface area contributed by atoms with Gasteiger partial charge in [-0.2, -0.15) is 0 Å². The third-order valence-corrected chi connectivity index (χ3v) is 4.45. The standard InChI is InChI=1S/C19H24N4O.HI/c1-20-19(22-12-15-7-4-5-11-21-15)23-13-17-16-8-3-2-6-14(16)9-10-18(17)24;/h4-5,7,9-11,24H,2-3,6,8,12-13H2,1H3,(H2,20,22,23);1H. The molecule has 0 aliphatic heterocycles. The van der Waals surface area contributed by atoms with Crippen LogP contribution >= 0.6 is 24.0 Å². The number of nitrogens with zero attached hydrogens (tertiary/aromatic N) is 2. The molecule has 134 valence electrons. The average Bonchev–Trinajstić information content (AvgIpc) is 2.64. The second-order valence-corrected chi connectivity index (χ2v) is 6.01. The van der Waals surface area contributed by atoms with E-state index in [1.807, 2.05) is 24.3 Å². The van der Waals surface area contributed by atoms with Gasteiger partial charge in [0.1, 0.15) is 5.75 Å². The highest BCUT2D eigenvalue weighted by Crippen LogP contribution is 2.30. The van der Waals surface area contributed by atoms with E-state index in [1.54, 1.807) is 13.2 Å². The Kier molecular flexibility index (Phi) is 7.49. The van der Waals surface area contributed by atoms with Gasteiger partial charge in [-0.3, -0.25) is 9.98 Å². The molecule has 0 spiro atoms. The summed E-state index contributed by atoms with van der Waals surface area (Å²) in [4.78, 5) is 8.53. The summed E-state index contributed by atoms with van der Waals surface area (Å²) in [7, 11) is 1.74. The number of pyridine rings is 1. The summed E-state index contributed by atoms with van der Waals surface area (Å²) < 4.78 is 0. The maximum atomic E-state index is 10.2. The molecule has 0 amide bonds. The molecule has 0 saturated heterocycles. The minimum absolute atomic E-state index is 0. The lowest BCUT2D eigenvalue weighted by Crippen LogP contribution is -2.36. The summed E-state index contributed by atoms with van der Waals surface area (Å²) in [6.45, 7) is 1.18. The number of halogens is 1. The fourth-order valence-electron chi connectivity index (χ4n) is 3.16. The van der Waals surface area contributed by atoms with Crippen molar-refractivity contribution in [3.05, 3.63) is 58.9 Å². The van der Waals surface area contributed by atoms with Gasteiger partial charge in [0.25, 0.3) is 0 Å². The molecule has 1 aromatic carbocycles. The summed E-state index contributed by atoms with van der Waals surface area (Å²) in [5, 5.41) is 16.8. The van der Waals surface area contributed by atoms with Crippen LogP contribution < -0.4 is 10.6 Å². The molecule has 3 rings (SSSR count). The smallest absolute Gasteiger partial charge is 0.191 e. The van der Waals surface area contributed by atoms with Crippen molar-refractivity contribution >= 4 is 29.9 Å². The zero-order valence-electron chi connectivity index (χ0n) is 14.5. The summed E-state index contributed by atoms with van der Waals surface area (Å²) >= 11 is 0. The highest BCUT2D eigenvalue weighted by molar-refractivity contribution is 14.0. The first-order valence-corrected chi connectivity index (χ1v) is 8.45. The molecule has 5 nitrogen and oxygen atoms in total. The predicted octanol–water partition coefficient (Wildman–Crippen LogP) is 3.15. The lowest BCUT2D eigenvalue weighted by molar-refractivity contribution is 0.464. The van der Waals surface area contributed by atoms with Crippen LogP contribution in [0.4, 0.5) is 0 Å². The molecule has 1 heterocycles. The molecule has 25 heavy (non-hydrogen) atoms. The quantitative estimate of drug-likeness (QED) is 0.379. The van der Waals surface area contributed by atoms with E-state index >= 15 is 0 Å². The zero-order chi connectivity index (χ0) is 16.8. The van der Waals surface area contributed by atoms with E-state index < -0.39 is 0 Å². The van der Waals surface area contributed by atoms with Crippen molar-refractivity contribution in [2.24, 2.45) is 4.99 Å². The van der Waals surface area contributed by atoms with E-state index in [9.17, 15) is 5.11 Å². The number of phenols is 1. The molecular weight excluding hydrogens is 427 g/mol. The Balaban J connectivity index is 0.00000225. The molecule has 0 unspecified atom stereocenters. The normalized spacial score (nSPS) is 13.6. The number of nitrogens with one attached hydrogen (secondary N) is 2. The van der Waals surface area contributed by atoms with Crippen molar-refractivity contribution in [3.63, 3.8) is 0 Å². The van der Waals surface area contributed by atoms with Gasteiger partial charge in [-0.15, -0.1) is 24.0 Å². The number of rotatable bonds is 4. The Morgan fingerprint density at radius 2 is 1.92 bits per heavy atom. The monoisotopic (exact) mass is 452 g/mol. The van der Waals surface area contributed by atoms with Crippen LogP contribution in [0.15, 0.2) is 41.5 Å². The number of aliphatic imine (C=N–C) groups is 1. The van der Waals surface area contributed by atoms with Crippen LogP contribution in [0.25, 0.3) is 0 Å². The number of fused-ring (bicyclic) bond motifs is 1. The van der Waals surface area contributed by atoms with Crippen molar-refractivity contribution in [1.29, 1.82) is 0 Å². The van der Waals surface area contributed by atoms with Crippen LogP contribution in [-0.2, 0) is 25.9 Å². The molecule has 0 atom stereocenters. The van der Waals surface area contributed by atoms with E-state index in [2.05, 4.69) is 26.7 Å². The highest BCUT2D eigenvalue weighted by atomic mass is 127. The topological polar surface area (TPSA) is 69.5 Å². The van der Waals surface area contributed by atoms with Gasteiger partial charge in [0.2, 0.25) is 0 Å². The molecule has 1 aliphatic carbocycles. The van der Waals surface area contributed by atoms with Gasteiger partial charge in [-0.25, -0.2) is 0 Å². The van der Waals surface area contributed by atoms with Crippen molar-refractivity contribution in [2.75, 3.05) is 7.05 Å². The van der Waals surface area contributed by atoms with Crippen molar-refractivity contribution in [2.45, 2.75) is 38.8 Å². The Labute approximate surface area is 166 Å². The lowest BCUT2D eigenvalue weighted by Gasteiger charge is -2.21. The Morgan fingerprint density at radius 1 is 1.12 bits per heavy atom. The molecule has 3 N–H and O–H groups in total. The van der Waals surface area contributed by atoms with Gasteiger partial charge in [0, 0.05) is 25.4 Å². The number of hydrogen-bond donors (Lipinski definition) is 3. The van der Waals surface area contributed by atoms with Crippen LogP contribution in [0.2, 0.25) is 0 Å². The summed E-state index contributed by atoms with van der Waals surface area (Å²) in [5.41, 5.74) is 4.62. The van der Waals surface area contributed by atoms with Crippen molar-refractivity contribution < 1.29 is 5.11 Å². The summed E-state index contributed by atoms with van der Waals surface area (Å²) in [6.07, 6.45) is 6.35. The largest absolute Gasteiger partial charge is 0.508 e. The highest BCUT2D eigenvalue weighted by Gasteiger charge is 2.16. The number of aryl methyl sites for hydroxylation is 1. The van der Waals surface area contributed by atoms with Crippen LogP contribution in [0.3, 0.4) is 0 Å². The van der Waals surface area contributed by atoms with Gasteiger partial charge >= 0.3 is 0 Å². The maximum Gasteiger partial charge on any atom is 0.191 e. The SMILES string of the molecule is CN=C(NCc1ccccn1)NCc1c(O)ccc2c1CCCC2.I. The van der Waals surface area contributed by atoms with Gasteiger partial charge in [-0.05, 0) is 55.0 Å². The van der Waals surface area contributed by atoms with E-state index in [-0.39, 0.29) is 24.0 Å². The number of phenolic OH excluding ortho intramolecular Hbond substituents is 1. The lowest BCUT2D eigenvalue weighted by atomic mass is 9.88. The molecule has 2 aromatic rings.